The molecule has 1 fully saturated rings. The SMILES string of the molecule is COCCN(c1ccc(F)cc1[C@@H](C)N)C(C)C1CC1. The highest BCUT2D eigenvalue weighted by Crippen LogP contribution is 2.38. The minimum Gasteiger partial charge on any atom is -0.383 e. The van der Waals surface area contributed by atoms with Gasteiger partial charge in [-0.1, -0.05) is 0 Å². The molecular formula is C16H25FN2O. The highest BCUT2D eigenvalue weighted by atomic mass is 19.1. The maximum atomic E-state index is 13.5. The molecule has 2 N–H and O–H groups in total. The van der Waals surface area contributed by atoms with E-state index in [0.717, 1.165) is 23.7 Å². The third kappa shape index (κ3) is 3.49. The van der Waals surface area contributed by atoms with E-state index >= 15 is 0 Å². The van der Waals surface area contributed by atoms with Crippen LogP contribution in [-0.4, -0.2) is 26.3 Å². The van der Waals surface area contributed by atoms with Gasteiger partial charge in [0.25, 0.3) is 0 Å². The van der Waals surface area contributed by atoms with Gasteiger partial charge in [-0.25, -0.2) is 4.39 Å². The fraction of sp³-hybridized carbons (Fsp3) is 0.625. The lowest BCUT2D eigenvalue weighted by atomic mass is 10.0. The summed E-state index contributed by atoms with van der Waals surface area (Å²) in [6.45, 7) is 5.60. The maximum absolute atomic E-state index is 13.5. The average Bonchev–Trinajstić information content (AvgIpc) is 3.24. The van der Waals surface area contributed by atoms with Gasteiger partial charge in [0.1, 0.15) is 5.82 Å². The van der Waals surface area contributed by atoms with Gasteiger partial charge in [-0.05, 0) is 56.4 Å². The molecule has 1 aromatic carbocycles. The van der Waals surface area contributed by atoms with Crippen LogP contribution in [0.15, 0.2) is 18.2 Å². The van der Waals surface area contributed by atoms with Crippen molar-refractivity contribution in [3.8, 4) is 0 Å². The summed E-state index contributed by atoms with van der Waals surface area (Å²) in [6, 6.07) is 5.17. The van der Waals surface area contributed by atoms with E-state index in [4.69, 9.17) is 10.5 Å². The molecule has 0 aliphatic heterocycles. The van der Waals surface area contributed by atoms with Crippen molar-refractivity contribution < 1.29 is 9.13 Å². The number of nitrogens with zero attached hydrogens (tertiary/aromatic N) is 1. The van der Waals surface area contributed by atoms with E-state index in [2.05, 4.69) is 11.8 Å². The summed E-state index contributed by atoms with van der Waals surface area (Å²) in [5, 5.41) is 0. The molecule has 0 heterocycles. The van der Waals surface area contributed by atoms with Crippen LogP contribution in [0.2, 0.25) is 0 Å². The van der Waals surface area contributed by atoms with E-state index in [1.54, 1.807) is 13.2 Å². The van der Waals surface area contributed by atoms with Crippen LogP contribution in [0.4, 0.5) is 10.1 Å². The lowest BCUT2D eigenvalue weighted by molar-refractivity contribution is 0.202. The van der Waals surface area contributed by atoms with Crippen molar-refractivity contribution in [2.45, 2.75) is 38.8 Å². The Hall–Kier alpha value is -1.13. The fourth-order valence-electron chi connectivity index (χ4n) is 2.72. The van der Waals surface area contributed by atoms with E-state index in [1.165, 1.54) is 18.9 Å². The van der Waals surface area contributed by atoms with Gasteiger partial charge in [-0.3, -0.25) is 0 Å². The molecule has 2 atom stereocenters. The van der Waals surface area contributed by atoms with Gasteiger partial charge in [0, 0.05) is 31.4 Å². The normalized spacial score (nSPS) is 17.9. The summed E-state index contributed by atoms with van der Waals surface area (Å²) in [6.07, 6.45) is 2.55. The first-order chi connectivity index (χ1) is 9.54. The molecule has 1 aliphatic carbocycles. The third-order valence-corrected chi connectivity index (χ3v) is 4.12. The smallest absolute Gasteiger partial charge is 0.123 e. The van der Waals surface area contributed by atoms with E-state index in [9.17, 15) is 4.39 Å². The van der Waals surface area contributed by atoms with Crippen LogP contribution in [0.3, 0.4) is 0 Å². The molecule has 0 spiro atoms. The largest absolute Gasteiger partial charge is 0.383 e. The van der Waals surface area contributed by atoms with Crippen LogP contribution in [0.5, 0.6) is 0 Å². The Labute approximate surface area is 120 Å². The lowest BCUT2D eigenvalue weighted by Crippen LogP contribution is -2.38. The molecule has 112 valence electrons. The minimum absolute atomic E-state index is 0.183. The molecule has 20 heavy (non-hydrogen) atoms. The monoisotopic (exact) mass is 280 g/mol. The Morgan fingerprint density at radius 1 is 1.40 bits per heavy atom. The summed E-state index contributed by atoms with van der Waals surface area (Å²) in [5.74, 6) is 0.504. The van der Waals surface area contributed by atoms with E-state index in [0.29, 0.717) is 12.6 Å². The summed E-state index contributed by atoms with van der Waals surface area (Å²) in [7, 11) is 1.71. The summed E-state index contributed by atoms with van der Waals surface area (Å²) < 4.78 is 18.7. The maximum Gasteiger partial charge on any atom is 0.123 e. The van der Waals surface area contributed by atoms with Gasteiger partial charge < -0.3 is 15.4 Å². The first kappa shape index (κ1) is 15.3. The molecule has 4 heteroatoms. The van der Waals surface area contributed by atoms with Gasteiger partial charge in [0.05, 0.1) is 6.61 Å². The molecule has 0 bridgehead atoms. The topological polar surface area (TPSA) is 38.5 Å². The molecule has 3 nitrogen and oxygen atoms in total. The first-order valence-electron chi connectivity index (χ1n) is 7.35. The first-order valence-corrected chi connectivity index (χ1v) is 7.35. The molecule has 1 aliphatic rings. The van der Waals surface area contributed by atoms with Gasteiger partial charge >= 0.3 is 0 Å². The summed E-state index contributed by atoms with van der Waals surface area (Å²) in [4.78, 5) is 2.32. The average molecular weight is 280 g/mol. The lowest BCUT2D eigenvalue weighted by Gasteiger charge is -2.34. The Balaban J connectivity index is 2.31. The minimum atomic E-state index is -0.230. The zero-order valence-electron chi connectivity index (χ0n) is 12.6. The molecule has 0 radical (unpaired) electrons. The number of rotatable bonds is 7. The number of ether oxygens (including phenoxy) is 1. The van der Waals surface area contributed by atoms with Crippen molar-refractivity contribution in [3.63, 3.8) is 0 Å². The molecule has 0 amide bonds. The highest BCUT2D eigenvalue weighted by molar-refractivity contribution is 5.56. The van der Waals surface area contributed by atoms with Gasteiger partial charge in [0.15, 0.2) is 0 Å². The molecule has 1 unspecified atom stereocenters. The molecule has 1 aromatic rings. The van der Waals surface area contributed by atoms with Crippen LogP contribution < -0.4 is 10.6 Å². The second-order valence-corrected chi connectivity index (χ2v) is 5.76. The van der Waals surface area contributed by atoms with Crippen LogP contribution >= 0.6 is 0 Å². The van der Waals surface area contributed by atoms with Crippen molar-refractivity contribution in [1.29, 1.82) is 0 Å². The third-order valence-electron chi connectivity index (χ3n) is 4.12. The Bertz CT molecular complexity index is 446. The zero-order valence-corrected chi connectivity index (χ0v) is 12.6. The number of benzene rings is 1. The summed E-state index contributed by atoms with van der Waals surface area (Å²) in [5.41, 5.74) is 7.93. The Kier molecular flexibility index (Phi) is 5.00. The molecule has 1 saturated carbocycles. The van der Waals surface area contributed by atoms with Crippen LogP contribution in [-0.2, 0) is 4.74 Å². The van der Waals surface area contributed by atoms with Gasteiger partial charge in [-0.15, -0.1) is 0 Å². The Morgan fingerprint density at radius 3 is 2.65 bits per heavy atom. The fourth-order valence-corrected chi connectivity index (χ4v) is 2.72. The van der Waals surface area contributed by atoms with Crippen molar-refractivity contribution in [2.75, 3.05) is 25.2 Å². The number of anilines is 1. The van der Waals surface area contributed by atoms with E-state index in [1.807, 2.05) is 13.0 Å². The van der Waals surface area contributed by atoms with Crippen LogP contribution in [0.1, 0.15) is 38.3 Å². The summed E-state index contributed by atoms with van der Waals surface area (Å²) >= 11 is 0. The van der Waals surface area contributed by atoms with Crippen molar-refractivity contribution in [1.82, 2.24) is 0 Å². The number of hydrogen-bond acceptors (Lipinski definition) is 3. The number of nitrogens with two attached hydrogens (primary N) is 1. The highest BCUT2D eigenvalue weighted by Gasteiger charge is 2.33. The molecular weight excluding hydrogens is 255 g/mol. The molecule has 2 rings (SSSR count). The Morgan fingerprint density at radius 2 is 2.10 bits per heavy atom. The number of methoxy groups -OCH3 is 1. The van der Waals surface area contributed by atoms with Gasteiger partial charge in [-0.2, -0.15) is 0 Å². The predicted molar refractivity (Wildman–Crippen MR) is 80.4 cm³/mol. The second-order valence-electron chi connectivity index (χ2n) is 5.76. The molecule has 0 aromatic heterocycles. The standard InChI is InChI=1S/C16H25FN2O/c1-11(18)15-10-14(17)6-7-16(15)19(8-9-20-3)12(2)13-4-5-13/h6-7,10-13H,4-5,8-9,18H2,1-3H3/t11-,12?/m1/s1. The number of halogens is 1. The van der Waals surface area contributed by atoms with E-state index < -0.39 is 0 Å². The van der Waals surface area contributed by atoms with Crippen LogP contribution in [0.25, 0.3) is 0 Å². The van der Waals surface area contributed by atoms with Gasteiger partial charge in [0.2, 0.25) is 0 Å². The quantitative estimate of drug-likeness (QED) is 0.834. The zero-order chi connectivity index (χ0) is 14.7. The number of hydrogen-bond donors (Lipinski definition) is 1. The predicted octanol–water partition coefficient (Wildman–Crippen LogP) is 3.10. The second kappa shape index (κ2) is 6.55. The molecule has 0 saturated heterocycles. The van der Waals surface area contributed by atoms with Crippen molar-refractivity contribution in [2.24, 2.45) is 11.7 Å². The van der Waals surface area contributed by atoms with Crippen LogP contribution in [0, 0.1) is 11.7 Å². The van der Waals surface area contributed by atoms with Crippen molar-refractivity contribution >= 4 is 5.69 Å². The van der Waals surface area contributed by atoms with E-state index in [-0.39, 0.29) is 11.9 Å². The van der Waals surface area contributed by atoms with Crippen molar-refractivity contribution in [3.05, 3.63) is 29.6 Å².